The Bertz CT molecular complexity index is 583. The zero-order valence-corrected chi connectivity index (χ0v) is 11.7. The molecule has 0 heterocycles. The van der Waals surface area contributed by atoms with Gasteiger partial charge < -0.3 is 0 Å². The number of carbonyl (C=O) groups excluding carboxylic acids is 1. The zero-order valence-electron chi connectivity index (χ0n) is 10.9. The van der Waals surface area contributed by atoms with E-state index in [1.807, 2.05) is 0 Å². The van der Waals surface area contributed by atoms with Gasteiger partial charge in [-0.1, -0.05) is 31.4 Å². The van der Waals surface area contributed by atoms with Crippen LogP contribution in [-0.4, -0.2) is 19.6 Å². The minimum atomic E-state index is -3.60. The van der Waals surface area contributed by atoms with Gasteiger partial charge in [-0.2, -0.15) is 0 Å². The van der Waals surface area contributed by atoms with Crippen LogP contribution in [0, 0.1) is 5.82 Å². The number of benzene rings is 1. The quantitative estimate of drug-likeness (QED) is 0.831. The van der Waals surface area contributed by atoms with E-state index in [2.05, 4.69) is 10.3 Å². The second kappa shape index (κ2) is 6.32. The van der Waals surface area contributed by atoms with Gasteiger partial charge in [0.2, 0.25) is 10.0 Å². The largest absolute Gasteiger partial charge is 0.274 e. The van der Waals surface area contributed by atoms with Crippen molar-refractivity contribution in [2.45, 2.75) is 37.4 Å². The summed E-state index contributed by atoms with van der Waals surface area (Å²) < 4.78 is 37.3. The van der Waals surface area contributed by atoms with Crippen molar-refractivity contribution in [1.29, 1.82) is 0 Å². The molecule has 7 heteroatoms. The molecule has 0 spiro atoms. The molecule has 0 radical (unpaired) electrons. The highest BCUT2D eigenvalue weighted by atomic mass is 32.2. The number of carbonyl (C=O) groups is 1. The molecule has 2 N–H and O–H groups in total. The molecule has 1 amide bonds. The van der Waals surface area contributed by atoms with Gasteiger partial charge in [0.1, 0.15) is 5.82 Å². The molecular weight excluding hydrogens is 283 g/mol. The molecule has 0 bridgehead atoms. The van der Waals surface area contributed by atoms with E-state index >= 15 is 0 Å². The van der Waals surface area contributed by atoms with Crippen LogP contribution in [-0.2, 0) is 10.0 Å². The fourth-order valence-corrected chi connectivity index (χ4v) is 3.64. The number of hydrazine groups is 1. The van der Waals surface area contributed by atoms with Gasteiger partial charge in [-0.05, 0) is 25.0 Å². The lowest BCUT2D eigenvalue weighted by atomic mass is 10.0. The first-order chi connectivity index (χ1) is 9.50. The van der Waals surface area contributed by atoms with E-state index in [0.717, 1.165) is 25.3 Å². The summed E-state index contributed by atoms with van der Waals surface area (Å²) >= 11 is 0. The molecule has 110 valence electrons. The molecule has 0 unspecified atom stereocenters. The van der Waals surface area contributed by atoms with Crippen LogP contribution in [0.2, 0.25) is 0 Å². The maximum atomic E-state index is 13.4. The third-order valence-electron chi connectivity index (χ3n) is 3.42. The van der Waals surface area contributed by atoms with E-state index in [1.54, 1.807) is 0 Å². The van der Waals surface area contributed by atoms with Gasteiger partial charge in [0.25, 0.3) is 5.91 Å². The van der Waals surface area contributed by atoms with Crippen molar-refractivity contribution in [3.05, 3.63) is 35.6 Å². The van der Waals surface area contributed by atoms with Crippen molar-refractivity contribution in [3.8, 4) is 0 Å². The maximum absolute atomic E-state index is 13.4. The highest BCUT2D eigenvalue weighted by Crippen LogP contribution is 2.22. The van der Waals surface area contributed by atoms with Crippen molar-refractivity contribution in [1.82, 2.24) is 10.3 Å². The van der Waals surface area contributed by atoms with Crippen LogP contribution < -0.4 is 10.3 Å². The monoisotopic (exact) mass is 300 g/mol. The summed E-state index contributed by atoms with van der Waals surface area (Å²) in [5, 5.41) is -0.489. The minimum absolute atomic E-state index is 0.196. The summed E-state index contributed by atoms with van der Waals surface area (Å²) in [5.74, 6) is -1.50. The third kappa shape index (κ3) is 3.55. The van der Waals surface area contributed by atoms with Crippen LogP contribution in [0.15, 0.2) is 24.3 Å². The van der Waals surface area contributed by atoms with Crippen LogP contribution in [0.4, 0.5) is 4.39 Å². The number of amides is 1. The average molecular weight is 300 g/mol. The second-order valence-corrected chi connectivity index (χ2v) is 6.80. The Morgan fingerprint density at radius 3 is 2.45 bits per heavy atom. The van der Waals surface area contributed by atoms with Crippen LogP contribution in [0.3, 0.4) is 0 Å². The van der Waals surface area contributed by atoms with E-state index < -0.39 is 27.0 Å². The Hall–Kier alpha value is -1.47. The number of halogens is 1. The van der Waals surface area contributed by atoms with E-state index in [0.29, 0.717) is 12.8 Å². The standard InChI is InChI=1S/C13H17FN2O3S/c14-12-9-5-4-8-11(12)13(17)15-16-20(18,19)10-6-2-1-3-7-10/h4-5,8-10,16H,1-3,6-7H2,(H,15,17). The fraction of sp³-hybridized carbons (Fsp3) is 0.462. The van der Waals surface area contributed by atoms with Crippen molar-refractivity contribution in [2.75, 3.05) is 0 Å². The Morgan fingerprint density at radius 2 is 1.80 bits per heavy atom. The highest BCUT2D eigenvalue weighted by Gasteiger charge is 2.27. The van der Waals surface area contributed by atoms with E-state index in [1.165, 1.54) is 18.2 Å². The number of nitrogens with one attached hydrogen (secondary N) is 2. The predicted molar refractivity (Wildman–Crippen MR) is 72.8 cm³/mol. The normalized spacial score (nSPS) is 16.9. The summed E-state index contributed by atoms with van der Waals surface area (Å²) in [5.41, 5.74) is 1.86. The van der Waals surface area contributed by atoms with Crippen molar-refractivity contribution >= 4 is 15.9 Å². The fourth-order valence-electron chi connectivity index (χ4n) is 2.29. The summed E-state index contributed by atoms with van der Waals surface area (Å²) in [7, 11) is -3.60. The molecule has 0 aliphatic heterocycles. The molecule has 5 nitrogen and oxygen atoms in total. The molecule has 0 aromatic heterocycles. The number of hydrogen-bond acceptors (Lipinski definition) is 3. The van der Waals surface area contributed by atoms with Crippen molar-refractivity contribution in [3.63, 3.8) is 0 Å². The third-order valence-corrected chi connectivity index (χ3v) is 5.15. The average Bonchev–Trinajstić information content (AvgIpc) is 2.46. The molecule has 0 atom stereocenters. The first kappa shape index (κ1) is 14.9. The van der Waals surface area contributed by atoms with Crippen molar-refractivity contribution < 1.29 is 17.6 Å². The van der Waals surface area contributed by atoms with Gasteiger partial charge in [0.15, 0.2) is 0 Å². The van der Waals surface area contributed by atoms with E-state index in [-0.39, 0.29) is 5.56 Å². The number of rotatable bonds is 4. The van der Waals surface area contributed by atoms with Gasteiger partial charge >= 0.3 is 0 Å². The number of sulfonamides is 1. The zero-order chi connectivity index (χ0) is 14.6. The minimum Gasteiger partial charge on any atom is -0.274 e. The van der Waals surface area contributed by atoms with Gasteiger partial charge in [-0.3, -0.25) is 10.2 Å². The van der Waals surface area contributed by atoms with Gasteiger partial charge in [-0.25, -0.2) is 12.8 Å². The molecular formula is C13H17FN2O3S. The van der Waals surface area contributed by atoms with Crippen LogP contribution in [0.1, 0.15) is 42.5 Å². The molecule has 1 aliphatic rings. The first-order valence-electron chi connectivity index (χ1n) is 6.56. The SMILES string of the molecule is O=C(NNS(=O)(=O)C1CCCCC1)c1ccccc1F. The van der Waals surface area contributed by atoms with Crippen molar-refractivity contribution in [2.24, 2.45) is 0 Å². The molecule has 20 heavy (non-hydrogen) atoms. The Balaban J connectivity index is 1.97. The van der Waals surface area contributed by atoms with E-state index in [9.17, 15) is 17.6 Å². The second-order valence-electron chi connectivity index (χ2n) is 4.84. The maximum Gasteiger partial charge on any atom is 0.269 e. The van der Waals surface area contributed by atoms with Gasteiger partial charge in [-0.15, -0.1) is 4.83 Å². The molecule has 1 fully saturated rings. The smallest absolute Gasteiger partial charge is 0.269 e. The Labute approximate surface area is 117 Å². The molecule has 2 rings (SSSR count). The molecule has 1 aliphatic carbocycles. The lowest BCUT2D eigenvalue weighted by Gasteiger charge is -2.22. The molecule has 1 aromatic rings. The van der Waals surface area contributed by atoms with Crippen LogP contribution in [0.5, 0.6) is 0 Å². The van der Waals surface area contributed by atoms with Crippen LogP contribution in [0.25, 0.3) is 0 Å². The lowest BCUT2D eigenvalue weighted by molar-refractivity contribution is 0.0941. The van der Waals surface area contributed by atoms with Gasteiger partial charge in [0.05, 0.1) is 10.8 Å². The first-order valence-corrected chi connectivity index (χ1v) is 8.11. The predicted octanol–water partition coefficient (Wildman–Crippen LogP) is 1.72. The number of hydrogen-bond donors (Lipinski definition) is 2. The molecule has 0 saturated heterocycles. The van der Waals surface area contributed by atoms with Gasteiger partial charge in [0, 0.05) is 0 Å². The summed E-state index contributed by atoms with van der Waals surface area (Å²) in [6.45, 7) is 0. The topological polar surface area (TPSA) is 75.3 Å². The highest BCUT2D eigenvalue weighted by molar-refractivity contribution is 7.90. The Kier molecular flexibility index (Phi) is 4.72. The summed E-state index contributed by atoms with van der Waals surface area (Å²) in [6, 6.07) is 5.40. The molecule has 1 aromatic carbocycles. The Morgan fingerprint density at radius 1 is 1.15 bits per heavy atom. The lowest BCUT2D eigenvalue weighted by Crippen LogP contribution is -2.46. The summed E-state index contributed by atoms with van der Waals surface area (Å²) in [4.78, 5) is 13.8. The summed E-state index contributed by atoms with van der Waals surface area (Å²) in [6.07, 6.45) is 3.95. The molecule has 1 saturated carbocycles. The van der Waals surface area contributed by atoms with E-state index in [4.69, 9.17) is 0 Å². The van der Waals surface area contributed by atoms with Crippen LogP contribution >= 0.6 is 0 Å².